The number of esters is 1. The Labute approximate surface area is 182 Å². The van der Waals surface area contributed by atoms with Crippen LogP contribution in [0.3, 0.4) is 0 Å². The molecule has 1 atom stereocenters. The molecule has 0 spiro atoms. The largest absolute Gasteiger partial charge is 0.444 e. The molecule has 1 N–H and O–H groups in total. The van der Waals surface area contributed by atoms with Gasteiger partial charge in [0.25, 0.3) is 0 Å². The first-order valence-electron chi connectivity index (χ1n) is 10.9. The number of ether oxygens (including phenoxy) is 2. The van der Waals surface area contributed by atoms with E-state index in [4.69, 9.17) is 13.9 Å². The summed E-state index contributed by atoms with van der Waals surface area (Å²) in [5.74, 6) is -0.279. The third kappa shape index (κ3) is 5.27. The summed E-state index contributed by atoms with van der Waals surface area (Å²) in [5, 5.41) is 3.48. The summed E-state index contributed by atoms with van der Waals surface area (Å²) in [6.07, 6.45) is 4.02. The molecule has 0 radical (unpaired) electrons. The molecular formula is C24H31NO6. The van der Waals surface area contributed by atoms with Crippen molar-refractivity contribution in [2.45, 2.75) is 84.8 Å². The van der Waals surface area contributed by atoms with Gasteiger partial charge in [0.15, 0.2) is 0 Å². The fraction of sp³-hybridized carbons (Fsp3) is 0.542. The van der Waals surface area contributed by atoms with Gasteiger partial charge in [0.2, 0.25) is 0 Å². The molecule has 0 unspecified atom stereocenters. The van der Waals surface area contributed by atoms with Gasteiger partial charge in [-0.15, -0.1) is 0 Å². The van der Waals surface area contributed by atoms with Crippen molar-refractivity contribution in [2.24, 2.45) is 0 Å². The van der Waals surface area contributed by atoms with Gasteiger partial charge in [-0.3, -0.25) is 0 Å². The monoisotopic (exact) mass is 429 g/mol. The summed E-state index contributed by atoms with van der Waals surface area (Å²) in [4.78, 5) is 37.4. The van der Waals surface area contributed by atoms with E-state index in [2.05, 4.69) is 5.32 Å². The zero-order chi connectivity index (χ0) is 22.8. The summed E-state index contributed by atoms with van der Waals surface area (Å²) >= 11 is 0. The minimum Gasteiger partial charge on any atom is -0.444 e. The summed E-state index contributed by atoms with van der Waals surface area (Å²) < 4.78 is 16.5. The molecule has 7 heteroatoms. The lowest BCUT2D eigenvalue weighted by Gasteiger charge is -2.23. The smallest absolute Gasteiger partial charge is 0.408 e. The Bertz CT molecular complexity index is 1050. The maximum atomic E-state index is 12.8. The molecule has 0 saturated heterocycles. The van der Waals surface area contributed by atoms with Crippen molar-refractivity contribution in [3.63, 3.8) is 0 Å². The van der Waals surface area contributed by atoms with Crippen LogP contribution < -0.4 is 15.7 Å². The molecule has 0 fully saturated rings. The first kappa shape index (κ1) is 22.8. The maximum Gasteiger partial charge on any atom is 0.408 e. The molecule has 2 aromatic rings. The van der Waals surface area contributed by atoms with Gasteiger partial charge in [-0.05, 0) is 77.5 Å². The Morgan fingerprint density at radius 2 is 1.84 bits per heavy atom. The van der Waals surface area contributed by atoms with E-state index >= 15 is 0 Å². The SMILES string of the molecule is CCC[C@H](NC(=O)OC(C)(C)C)C(=O)Oc1ccc2c3c(c(=O)oc2c1C)CCCC3. The second-order valence-electron chi connectivity index (χ2n) is 9.03. The van der Waals surface area contributed by atoms with Gasteiger partial charge in [-0.25, -0.2) is 14.4 Å². The standard InChI is InChI=1S/C24H31NO6/c1-6-9-18(25-23(28)31-24(3,4)5)22(27)29-19-13-12-16-15-10-7-8-11-17(15)21(26)30-20(16)14(19)2/h12-13,18H,6-11H2,1-5H3,(H,25,28)/t18-/m0/s1. The van der Waals surface area contributed by atoms with Crippen molar-refractivity contribution in [3.05, 3.63) is 39.2 Å². The van der Waals surface area contributed by atoms with Gasteiger partial charge in [0.05, 0.1) is 0 Å². The van der Waals surface area contributed by atoms with Gasteiger partial charge in [-0.2, -0.15) is 0 Å². The molecule has 0 saturated carbocycles. The molecule has 1 aliphatic carbocycles. The molecule has 1 aromatic carbocycles. The van der Waals surface area contributed by atoms with Crippen molar-refractivity contribution >= 4 is 23.0 Å². The van der Waals surface area contributed by atoms with Crippen LogP contribution in [0.15, 0.2) is 21.3 Å². The zero-order valence-corrected chi connectivity index (χ0v) is 18.9. The third-order valence-electron chi connectivity index (χ3n) is 5.35. The van der Waals surface area contributed by atoms with E-state index in [9.17, 15) is 14.4 Å². The lowest BCUT2D eigenvalue weighted by molar-refractivity contribution is -0.137. The quantitative estimate of drug-likeness (QED) is 0.425. The highest BCUT2D eigenvalue weighted by Crippen LogP contribution is 2.32. The second kappa shape index (κ2) is 9.12. The van der Waals surface area contributed by atoms with Gasteiger partial charge in [0, 0.05) is 16.5 Å². The van der Waals surface area contributed by atoms with E-state index in [0.717, 1.165) is 42.2 Å². The topological polar surface area (TPSA) is 94.8 Å². The van der Waals surface area contributed by atoms with E-state index < -0.39 is 23.7 Å². The van der Waals surface area contributed by atoms with Crippen LogP contribution in [-0.2, 0) is 22.4 Å². The molecule has 1 heterocycles. The number of carbonyl (C=O) groups excluding carboxylic acids is 2. The highest BCUT2D eigenvalue weighted by molar-refractivity contribution is 5.88. The minimum absolute atomic E-state index is 0.309. The number of rotatable bonds is 5. The van der Waals surface area contributed by atoms with Crippen LogP contribution in [0, 0.1) is 6.92 Å². The Morgan fingerprint density at radius 3 is 2.48 bits per heavy atom. The molecule has 3 rings (SSSR count). The predicted molar refractivity (Wildman–Crippen MR) is 118 cm³/mol. The normalized spacial score (nSPS) is 14.6. The average molecular weight is 430 g/mol. The van der Waals surface area contributed by atoms with Crippen LogP contribution in [0.25, 0.3) is 11.0 Å². The van der Waals surface area contributed by atoms with Crippen molar-refractivity contribution < 1.29 is 23.5 Å². The van der Waals surface area contributed by atoms with Crippen LogP contribution in [0.5, 0.6) is 5.75 Å². The summed E-state index contributed by atoms with van der Waals surface area (Å²) in [5.41, 5.74) is 1.84. The van der Waals surface area contributed by atoms with Crippen molar-refractivity contribution in [3.8, 4) is 5.75 Å². The number of hydrogen-bond acceptors (Lipinski definition) is 6. The molecule has 1 amide bonds. The summed E-state index contributed by atoms with van der Waals surface area (Å²) in [7, 11) is 0. The summed E-state index contributed by atoms with van der Waals surface area (Å²) in [6.45, 7) is 8.94. The molecule has 1 aromatic heterocycles. The lowest BCUT2D eigenvalue weighted by Crippen LogP contribution is -2.45. The van der Waals surface area contributed by atoms with Gasteiger partial charge >= 0.3 is 17.7 Å². The Hall–Kier alpha value is -2.83. The molecular weight excluding hydrogens is 398 g/mol. The van der Waals surface area contributed by atoms with Crippen LogP contribution in [0.4, 0.5) is 4.79 Å². The van der Waals surface area contributed by atoms with E-state index in [1.807, 2.05) is 13.0 Å². The number of benzene rings is 1. The fourth-order valence-electron chi connectivity index (χ4n) is 3.90. The number of fused-ring (bicyclic) bond motifs is 3. The predicted octanol–water partition coefficient (Wildman–Crippen LogP) is 4.58. The number of alkyl carbamates (subject to hydrolysis) is 1. The highest BCUT2D eigenvalue weighted by Gasteiger charge is 2.27. The zero-order valence-electron chi connectivity index (χ0n) is 18.9. The van der Waals surface area contributed by atoms with Gasteiger partial charge < -0.3 is 19.2 Å². The van der Waals surface area contributed by atoms with Crippen LogP contribution in [0.1, 0.15) is 70.1 Å². The number of amides is 1. The number of nitrogens with one attached hydrogen (secondary N) is 1. The van der Waals surface area contributed by atoms with Crippen LogP contribution >= 0.6 is 0 Å². The average Bonchev–Trinajstić information content (AvgIpc) is 2.69. The molecule has 7 nitrogen and oxygen atoms in total. The number of aryl methyl sites for hydroxylation is 2. The van der Waals surface area contributed by atoms with Gasteiger partial charge in [0.1, 0.15) is 23.0 Å². The second-order valence-corrected chi connectivity index (χ2v) is 9.03. The lowest BCUT2D eigenvalue weighted by atomic mass is 9.90. The Kier molecular flexibility index (Phi) is 6.72. The van der Waals surface area contributed by atoms with E-state index in [0.29, 0.717) is 29.7 Å². The minimum atomic E-state index is -0.842. The van der Waals surface area contributed by atoms with E-state index in [-0.39, 0.29) is 5.63 Å². The molecule has 0 aliphatic heterocycles. The van der Waals surface area contributed by atoms with Crippen LogP contribution in [-0.4, -0.2) is 23.7 Å². The number of carbonyl (C=O) groups is 2. The van der Waals surface area contributed by atoms with E-state index in [1.165, 1.54) is 0 Å². The third-order valence-corrected chi connectivity index (χ3v) is 5.35. The Morgan fingerprint density at radius 1 is 1.16 bits per heavy atom. The van der Waals surface area contributed by atoms with Crippen LogP contribution in [0.2, 0.25) is 0 Å². The van der Waals surface area contributed by atoms with E-state index in [1.54, 1.807) is 33.8 Å². The first-order chi connectivity index (χ1) is 14.6. The van der Waals surface area contributed by atoms with Crippen molar-refractivity contribution in [2.75, 3.05) is 0 Å². The number of hydrogen-bond donors (Lipinski definition) is 1. The molecule has 168 valence electrons. The molecule has 0 bridgehead atoms. The summed E-state index contributed by atoms with van der Waals surface area (Å²) in [6, 6.07) is 2.72. The fourth-order valence-corrected chi connectivity index (χ4v) is 3.90. The van der Waals surface area contributed by atoms with Gasteiger partial charge in [-0.1, -0.05) is 13.3 Å². The van der Waals surface area contributed by atoms with Crippen molar-refractivity contribution in [1.29, 1.82) is 0 Å². The first-order valence-corrected chi connectivity index (χ1v) is 10.9. The maximum absolute atomic E-state index is 12.8. The highest BCUT2D eigenvalue weighted by atomic mass is 16.6. The molecule has 1 aliphatic rings. The van der Waals surface area contributed by atoms with Crippen molar-refractivity contribution in [1.82, 2.24) is 5.32 Å². The molecule has 31 heavy (non-hydrogen) atoms. The Balaban J connectivity index is 1.85.